The Bertz CT molecular complexity index is 1020. The first-order valence-corrected chi connectivity index (χ1v) is 17.3. The van der Waals surface area contributed by atoms with Gasteiger partial charge in [-0.1, -0.05) is 84.0 Å². The van der Waals surface area contributed by atoms with Crippen molar-refractivity contribution in [3.63, 3.8) is 0 Å². The molecule has 0 N–H and O–H groups in total. The van der Waals surface area contributed by atoms with Crippen LogP contribution < -0.4 is 0 Å². The van der Waals surface area contributed by atoms with Crippen molar-refractivity contribution in [1.29, 1.82) is 0 Å². The first kappa shape index (κ1) is 36.2. The summed E-state index contributed by atoms with van der Waals surface area (Å²) >= 11 is 0. The number of unbranched alkanes of at least 4 members (excludes halogenated alkanes) is 12. The molecule has 0 aliphatic carbocycles. The number of nitrogens with zero attached hydrogens (tertiary/aromatic N) is 3. The van der Waals surface area contributed by atoms with Gasteiger partial charge in [0.25, 0.3) is 0 Å². The SMILES string of the molecule is CCCCCCCCCCCCCCCOC(COC[C@H]1O[C@@H]2OC(C)(C)O[C@@H]2[C@H]2OC(C)(C)O[C@H]21)Cn1cnc([N+](=O)[O-])c1. The number of hydrogen-bond donors (Lipinski definition) is 0. The number of fused-ring (bicyclic) bond motifs is 3. The molecule has 0 aromatic carbocycles. The van der Waals surface area contributed by atoms with E-state index in [9.17, 15) is 10.1 Å². The monoisotopic (exact) mass is 639 g/mol. The maximum atomic E-state index is 11.1. The Morgan fingerprint density at radius 1 is 0.867 bits per heavy atom. The van der Waals surface area contributed by atoms with Crippen LogP contribution in [0.3, 0.4) is 0 Å². The molecule has 4 rings (SSSR count). The average Bonchev–Trinajstić information content (AvgIpc) is 3.66. The van der Waals surface area contributed by atoms with Crippen LogP contribution in [0.25, 0.3) is 0 Å². The van der Waals surface area contributed by atoms with Crippen LogP contribution in [-0.4, -0.2) is 82.7 Å². The minimum absolute atomic E-state index is 0.190. The summed E-state index contributed by atoms with van der Waals surface area (Å²) in [6.07, 6.45) is 17.2. The van der Waals surface area contributed by atoms with Crippen LogP contribution in [-0.2, 0) is 39.7 Å². The van der Waals surface area contributed by atoms with Crippen LogP contribution in [0.5, 0.6) is 0 Å². The molecule has 258 valence electrons. The van der Waals surface area contributed by atoms with Crippen molar-refractivity contribution in [2.75, 3.05) is 19.8 Å². The molecule has 12 heteroatoms. The van der Waals surface area contributed by atoms with Crippen LogP contribution in [0, 0.1) is 10.1 Å². The van der Waals surface area contributed by atoms with Crippen molar-refractivity contribution in [3.05, 3.63) is 22.6 Å². The normalized spacial score (nSPS) is 27.4. The summed E-state index contributed by atoms with van der Waals surface area (Å²) in [6.45, 7) is 11.2. The molecular formula is C33H57N3O9. The molecule has 0 saturated carbocycles. The quantitative estimate of drug-likeness (QED) is 0.0770. The number of rotatable bonds is 22. The highest BCUT2D eigenvalue weighted by molar-refractivity contribution is 5.12. The van der Waals surface area contributed by atoms with E-state index < -0.39 is 35.0 Å². The van der Waals surface area contributed by atoms with E-state index in [0.29, 0.717) is 13.2 Å². The average molecular weight is 640 g/mol. The minimum Gasteiger partial charge on any atom is -0.376 e. The third-order valence-corrected chi connectivity index (χ3v) is 8.66. The van der Waals surface area contributed by atoms with E-state index in [-0.39, 0.29) is 37.3 Å². The van der Waals surface area contributed by atoms with Crippen LogP contribution in [0.2, 0.25) is 0 Å². The zero-order chi connectivity index (χ0) is 32.3. The van der Waals surface area contributed by atoms with Gasteiger partial charge in [0.1, 0.15) is 30.6 Å². The Hall–Kier alpha value is -1.67. The van der Waals surface area contributed by atoms with Crippen molar-refractivity contribution in [2.45, 2.75) is 173 Å². The molecule has 1 unspecified atom stereocenters. The topological polar surface area (TPSA) is 126 Å². The summed E-state index contributed by atoms with van der Waals surface area (Å²) < 4.78 is 44.8. The van der Waals surface area contributed by atoms with Crippen LogP contribution in [0.4, 0.5) is 5.82 Å². The van der Waals surface area contributed by atoms with Crippen molar-refractivity contribution in [3.8, 4) is 0 Å². The Labute approximate surface area is 268 Å². The number of hydrogen-bond acceptors (Lipinski definition) is 10. The Balaban J connectivity index is 1.19. The largest absolute Gasteiger partial charge is 0.381 e. The van der Waals surface area contributed by atoms with E-state index in [1.807, 2.05) is 27.7 Å². The van der Waals surface area contributed by atoms with Crippen molar-refractivity contribution >= 4 is 5.82 Å². The van der Waals surface area contributed by atoms with Gasteiger partial charge in [-0.25, -0.2) is 0 Å². The molecule has 0 radical (unpaired) electrons. The highest BCUT2D eigenvalue weighted by Crippen LogP contribution is 2.44. The van der Waals surface area contributed by atoms with E-state index in [1.54, 1.807) is 4.57 Å². The molecular weight excluding hydrogens is 582 g/mol. The lowest BCUT2D eigenvalue weighted by molar-refractivity contribution is -0.389. The molecule has 3 saturated heterocycles. The lowest BCUT2D eigenvalue weighted by atomic mass is 9.99. The Morgan fingerprint density at radius 3 is 2.07 bits per heavy atom. The third-order valence-electron chi connectivity index (χ3n) is 8.66. The highest BCUT2D eigenvalue weighted by Gasteiger charge is 2.60. The minimum atomic E-state index is -0.786. The summed E-state index contributed by atoms with van der Waals surface area (Å²) in [5.74, 6) is -1.76. The molecule has 6 atom stereocenters. The molecule has 3 aliphatic rings. The molecule has 3 fully saturated rings. The maximum absolute atomic E-state index is 11.1. The molecule has 1 aromatic rings. The Kier molecular flexibility index (Phi) is 14.0. The van der Waals surface area contributed by atoms with Crippen molar-refractivity contribution in [2.24, 2.45) is 0 Å². The van der Waals surface area contributed by atoms with Gasteiger partial charge in [0.05, 0.1) is 25.9 Å². The first-order valence-electron chi connectivity index (χ1n) is 17.3. The number of nitro groups is 1. The van der Waals surface area contributed by atoms with E-state index in [2.05, 4.69) is 11.9 Å². The second-order valence-electron chi connectivity index (χ2n) is 13.7. The smallest absolute Gasteiger partial charge is 0.376 e. The van der Waals surface area contributed by atoms with Crippen LogP contribution in [0.1, 0.15) is 118 Å². The van der Waals surface area contributed by atoms with Gasteiger partial charge in [-0.15, -0.1) is 0 Å². The van der Waals surface area contributed by atoms with E-state index in [4.69, 9.17) is 33.2 Å². The lowest BCUT2D eigenvalue weighted by Gasteiger charge is -2.37. The fraction of sp³-hybridized carbons (Fsp3) is 0.909. The van der Waals surface area contributed by atoms with Gasteiger partial charge in [-0.2, -0.15) is 0 Å². The summed E-state index contributed by atoms with van der Waals surface area (Å²) in [6, 6.07) is 0. The van der Waals surface area contributed by atoms with Crippen LogP contribution >= 0.6 is 0 Å². The summed E-state index contributed by atoms with van der Waals surface area (Å²) in [7, 11) is 0. The predicted octanol–water partition coefficient (Wildman–Crippen LogP) is 6.68. The summed E-state index contributed by atoms with van der Waals surface area (Å²) in [5.41, 5.74) is 0. The number of aromatic nitrogens is 2. The van der Waals surface area contributed by atoms with Gasteiger partial charge in [0.2, 0.25) is 6.33 Å². The van der Waals surface area contributed by atoms with E-state index >= 15 is 0 Å². The van der Waals surface area contributed by atoms with E-state index in [1.165, 1.54) is 83.2 Å². The summed E-state index contributed by atoms with van der Waals surface area (Å²) in [4.78, 5) is 14.5. The molecule has 0 bridgehead atoms. The fourth-order valence-electron chi connectivity index (χ4n) is 6.44. The Morgan fingerprint density at radius 2 is 1.44 bits per heavy atom. The lowest BCUT2D eigenvalue weighted by Crippen LogP contribution is -2.56. The van der Waals surface area contributed by atoms with Crippen molar-refractivity contribution in [1.82, 2.24) is 9.55 Å². The maximum Gasteiger partial charge on any atom is 0.381 e. The molecule has 12 nitrogen and oxygen atoms in total. The molecule has 0 amide bonds. The van der Waals surface area contributed by atoms with Gasteiger partial charge in [-0.3, -0.25) is 0 Å². The standard InChI is InChI=1S/C33H57N3O9/c1-6-7-8-9-10-11-12-13-14-15-16-17-18-19-40-25(20-35-21-27(34-24-35)36(37)38)22-39-23-26-28-29(43-32(2,3)42-28)30-31(41-26)45-33(4,5)44-30/h21,24-26,28-31H,6-20,22-23H2,1-5H3/t25?,26-,28+,29+,30-,31-/m1/s1. The fourth-order valence-corrected chi connectivity index (χ4v) is 6.44. The van der Waals surface area contributed by atoms with Gasteiger partial charge in [0, 0.05) is 6.61 Å². The number of ether oxygens (including phenoxy) is 7. The van der Waals surface area contributed by atoms with Gasteiger partial charge >= 0.3 is 5.82 Å². The molecule has 0 spiro atoms. The zero-order valence-electron chi connectivity index (χ0n) is 28.2. The zero-order valence-corrected chi connectivity index (χ0v) is 28.2. The van der Waals surface area contributed by atoms with E-state index in [0.717, 1.165) is 12.8 Å². The molecule has 3 aliphatic heterocycles. The molecule has 45 heavy (non-hydrogen) atoms. The second kappa shape index (κ2) is 17.5. The summed E-state index contributed by atoms with van der Waals surface area (Å²) in [5, 5.41) is 11.1. The van der Waals surface area contributed by atoms with Gasteiger partial charge in [0.15, 0.2) is 17.9 Å². The molecule has 1 aromatic heterocycles. The number of imidazole rings is 1. The van der Waals surface area contributed by atoms with Crippen molar-refractivity contribution < 1.29 is 38.1 Å². The second-order valence-corrected chi connectivity index (χ2v) is 13.7. The van der Waals surface area contributed by atoms with Gasteiger partial charge < -0.3 is 47.8 Å². The predicted molar refractivity (Wildman–Crippen MR) is 168 cm³/mol. The van der Waals surface area contributed by atoms with Crippen LogP contribution in [0.15, 0.2) is 12.5 Å². The first-order chi connectivity index (χ1) is 21.6. The third kappa shape index (κ3) is 11.5. The highest BCUT2D eigenvalue weighted by atomic mass is 16.9. The molecule has 4 heterocycles. The van der Waals surface area contributed by atoms with Gasteiger partial charge in [-0.05, 0) is 44.0 Å².